The molecule has 0 aliphatic carbocycles. The van der Waals surface area contributed by atoms with Crippen molar-refractivity contribution in [1.29, 1.82) is 0 Å². The molecule has 3 atom stereocenters. The minimum Gasteiger partial charge on any atom is -0.379 e. The lowest BCUT2D eigenvalue weighted by Gasteiger charge is -2.29. The van der Waals surface area contributed by atoms with Gasteiger partial charge in [-0.05, 0) is 30.4 Å². The maximum Gasteiger partial charge on any atom is 0.241 e. The van der Waals surface area contributed by atoms with Crippen LogP contribution in [0.3, 0.4) is 0 Å². The number of amides is 1. The first-order valence-electron chi connectivity index (χ1n) is 7.83. The number of ether oxygens (including phenoxy) is 1. The molecule has 114 valence electrons. The van der Waals surface area contributed by atoms with E-state index in [0.29, 0.717) is 12.5 Å². The van der Waals surface area contributed by atoms with E-state index in [4.69, 9.17) is 4.74 Å². The van der Waals surface area contributed by atoms with Crippen LogP contribution in [0.15, 0.2) is 24.3 Å². The summed E-state index contributed by atoms with van der Waals surface area (Å²) in [5.41, 5.74) is 2.48. The van der Waals surface area contributed by atoms with E-state index < -0.39 is 0 Å². The van der Waals surface area contributed by atoms with Gasteiger partial charge in [0, 0.05) is 6.61 Å². The zero-order valence-electron chi connectivity index (χ0n) is 13.0. The van der Waals surface area contributed by atoms with E-state index in [1.807, 2.05) is 11.8 Å². The summed E-state index contributed by atoms with van der Waals surface area (Å²) in [6, 6.07) is 8.68. The zero-order valence-corrected chi connectivity index (χ0v) is 13.0. The molecule has 1 amide bonds. The number of nitrogens with zero attached hydrogens (tertiary/aromatic N) is 1. The van der Waals surface area contributed by atoms with E-state index in [-0.39, 0.29) is 24.2 Å². The van der Waals surface area contributed by atoms with Crippen LogP contribution < -0.4 is 5.32 Å². The average Bonchev–Trinajstić information content (AvgIpc) is 3.08. The van der Waals surface area contributed by atoms with E-state index in [0.717, 1.165) is 18.6 Å². The summed E-state index contributed by atoms with van der Waals surface area (Å²) in [4.78, 5) is 14.4. The van der Waals surface area contributed by atoms with Crippen LogP contribution in [0.25, 0.3) is 0 Å². The number of hydrogen-bond donors (Lipinski definition) is 1. The Bertz CT molecular complexity index is 506. The zero-order chi connectivity index (χ0) is 15.0. The Balaban J connectivity index is 1.86. The van der Waals surface area contributed by atoms with Gasteiger partial charge in [-0.2, -0.15) is 0 Å². The Labute approximate surface area is 126 Å². The van der Waals surface area contributed by atoms with Crippen LogP contribution in [0, 0.1) is 0 Å². The van der Waals surface area contributed by atoms with Gasteiger partial charge in [0.2, 0.25) is 5.91 Å². The molecule has 4 heteroatoms. The summed E-state index contributed by atoms with van der Waals surface area (Å²) >= 11 is 0. The van der Waals surface area contributed by atoms with Crippen molar-refractivity contribution < 1.29 is 9.53 Å². The molecule has 3 rings (SSSR count). The summed E-state index contributed by atoms with van der Waals surface area (Å²) < 4.78 is 5.47. The fourth-order valence-electron chi connectivity index (χ4n) is 3.19. The number of rotatable bonds is 3. The second-order valence-electron chi connectivity index (χ2n) is 6.38. The molecule has 1 aromatic carbocycles. The molecule has 2 aliphatic heterocycles. The van der Waals surface area contributed by atoms with Gasteiger partial charge in [0.15, 0.2) is 0 Å². The van der Waals surface area contributed by atoms with Gasteiger partial charge in [0.1, 0.15) is 6.17 Å². The molecule has 3 unspecified atom stereocenters. The van der Waals surface area contributed by atoms with Gasteiger partial charge in [-0.3, -0.25) is 10.1 Å². The fraction of sp³-hybridized carbons (Fsp3) is 0.588. The molecule has 2 aliphatic rings. The van der Waals surface area contributed by atoms with E-state index in [9.17, 15) is 4.79 Å². The van der Waals surface area contributed by atoms with E-state index in [1.54, 1.807) is 0 Å². The first kappa shape index (κ1) is 14.5. The predicted molar refractivity (Wildman–Crippen MR) is 81.9 cm³/mol. The highest BCUT2D eigenvalue weighted by Crippen LogP contribution is 2.31. The van der Waals surface area contributed by atoms with Crippen LogP contribution in [-0.2, 0) is 9.53 Å². The number of carbonyl (C=O) groups is 1. The average molecular weight is 288 g/mol. The van der Waals surface area contributed by atoms with Gasteiger partial charge in [-0.1, -0.05) is 38.1 Å². The normalized spacial score (nSPS) is 29.6. The summed E-state index contributed by atoms with van der Waals surface area (Å²) in [7, 11) is 0. The molecule has 21 heavy (non-hydrogen) atoms. The molecule has 1 aromatic rings. The van der Waals surface area contributed by atoms with Crippen LogP contribution in [0.5, 0.6) is 0 Å². The lowest BCUT2D eigenvalue weighted by atomic mass is 10.0. The van der Waals surface area contributed by atoms with E-state index in [1.165, 1.54) is 5.56 Å². The molecule has 2 heterocycles. The second kappa shape index (κ2) is 5.78. The SMILES string of the molecule is CC1NC(c2ccc(C(C)C)cc2)N(C2CCOC2)C1=O. The smallest absolute Gasteiger partial charge is 0.241 e. The predicted octanol–water partition coefficient (Wildman–Crippen LogP) is 2.42. The maximum atomic E-state index is 12.5. The summed E-state index contributed by atoms with van der Waals surface area (Å²) in [5, 5.41) is 3.42. The van der Waals surface area contributed by atoms with Crippen LogP contribution in [0.4, 0.5) is 0 Å². The molecule has 2 saturated heterocycles. The summed E-state index contributed by atoms with van der Waals surface area (Å²) in [6.07, 6.45) is 0.904. The van der Waals surface area contributed by atoms with Gasteiger partial charge < -0.3 is 9.64 Å². The molecule has 0 aromatic heterocycles. The molecule has 0 radical (unpaired) electrons. The number of carbonyl (C=O) groups excluding carboxylic acids is 1. The molecule has 0 bridgehead atoms. The minimum atomic E-state index is -0.125. The van der Waals surface area contributed by atoms with E-state index in [2.05, 4.69) is 43.4 Å². The highest BCUT2D eigenvalue weighted by molar-refractivity contribution is 5.84. The Morgan fingerprint density at radius 2 is 2.00 bits per heavy atom. The molecular weight excluding hydrogens is 264 g/mol. The Morgan fingerprint density at radius 1 is 1.29 bits per heavy atom. The van der Waals surface area contributed by atoms with Crippen molar-refractivity contribution in [2.24, 2.45) is 0 Å². The van der Waals surface area contributed by atoms with Crippen molar-refractivity contribution >= 4 is 5.91 Å². The van der Waals surface area contributed by atoms with Crippen LogP contribution >= 0.6 is 0 Å². The first-order valence-corrected chi connectivity index (χ1v) is 7.83. The summed E-state index contributed by atoms with van der Waals surface area (Å²) in [5.74, 6) is 0.707. The minimum absolute atomic E-state index is 0.0274. The molecule has 4 nitrogen and oxygen atoms in total. The van der Waals surface area contributed by atoms with Crippen LogP contribution in [0.2, 0.25) is 0 Å². The Hall–Kier alpha value is -1.39. The highest BCUT2D eigenvalue weighted by Gasteiger charge is 2.42. The van der Waals surface area contributed by atoms with Gasteiger partial charge >= 0.3 is 0 Å². The maximum absolute atomic E-state index is 12.5. The lowest BCUT2D eigenvalue weighted by molar-refractivity contribution is -0.132. The van der Waals surface area contributed by atoms with Crippen molar-refractivity contribution in [1.82, 2.24) is 10.2 Å². The first-order chi connectivity index (χ1) is 10.1. The standard InChI is InChI=1S/C17H24N2O2/c1-11(2)13-4-6-14(7-5-13)16-18-12(3)17(20)19(16)15-8-9-21-10-15/h4-7,11-12,15-16,18H,8-10H2,1-3H3. The van der Waals surface area contributed by atoms with Crippen molar-refractivity contribution in [3.8, 4) is 0 Å². The van der Waals surface area contributed by atoms with E-state index >= 15 is 0 Å². The number of hydrogen-bond acceptors (Lipinski definition) is 3. The monoisotopic (exact) mass is 288 g/mol. The quantitative estimate of drug-likeness (QED) is 0.928. The Kier molecular flexibility index (Phi) is 4.00. The van der Waals surface area contributed by atoms with Gasteiger partial charge in [-0.15, -0.1) is 0 Å². The second-order valence-corrected chi connectivity index (χ2v) is 6.38. The number of benzene rings is 1. The van der Waals surface area contributed by atoms with Gasteiger partial charge in [0.05, 0.1) is 18.7 Å². The van der Waals surface area contributed by atoms with Crippen molar-refractivity contribution in [2.45, 2.75) is 51.4 Å². The highest BCUT2D eigenvalue weighted by atomic mass is 16.5. The molecular formula is C17H24N2O2. The largest absolute Gasteiger partial charge is 0.379 e. The third-order valence-corrected chi connectivity index (χ3v) is 4.53. The van der Waals surface area contributed by atoms with Crippen molar-refractivity contribution in [2.75, 3.05) is 13.2 Å². The van der Waals surface area contributed by atoms with Crippen molar-refractivity contribution in [3.63, 3.8) is 0 Å². The van der Waals surface area contributed by atoms with Crippen LogP contribution in [0.1, 0.15) is 50.4 Å². The topological polar surface area (TPSA) is 41.6 Å². The third kappa shape index (κ3) is 2.70. The molecule has 0 saturated carbocycles. The van der Waals surface area contributed by atoms with Crippen LogP contribution in [-0.4, -0.2) is 36.1 Å². The van der Waals surface area contributed by atoms with Crippen molar-refractivity contribution in [3.05, 3.63) is 35.4 Å². The van der Waals surface area contributed by atoms with Gasteiger partial charge in [-0.25, -0.2) is 0 Å². The Morgan fingerprint density at radius 3 is 2.57 bits per heavy atom. The molecule has 1 N–H and O–H groups in total. The lowest BCUT2D eigenvalue weighted by Crippen LogP contribution is -2.40. The third-order valence-electron chi connectivity index (χ3n) is 4.53. The fourth-order valence-corrected chi connectivity index (χ4v) is 3.19. The molecule has 2 fully saturated rings. The molecule has 0 spiro atoms. The summed E-state index contributed by atoms with van der Waals surface area (Å²) in [6.45, 7) is 7.73. The number of nitrogens with one attached hydrogen (secondary N) is 1. The van der Waals surface area contributed by atoms with Gasteiger partial charge in [0.25, 0.3) is 0 Å².